The van der Waals surface area contributed by atoms with Crippen molar-refractivity contribution in [3.05, 3.63) is 82.1 Å². The number of aromatic nitrogens is 3. The van der Waals surface area contributed by atoms with Crippen molar-refractivity contribution in [3.63, 3.8) is 0 Å². The molecule has 1 aliphatic rings. The Bertz CT molecular complexity index is 1160. The SMILES string of the molecule is O=c1[nH]c(-c2ccco2)nc2c1CN(Cc1cnc3ccccc3c1)CC2. The summed E-state index contributed by atoms with van der Waals surface area (Å²) in [7, 11) is 0. The van der Waals surface area contributed by atoms with Crippen LogP contribution in [0.25, 0.3) is 22.5 Å². The van der Waals surface area contributed by atoms with Gasteiger partial charge in [0.2, 0.25) is 0 Å². The maximum atomic E-state index is 12.6. The fraction of sp³-hybridized carbons (Fsp3) is 0.190. The van der Waals surface area contributed by atoms with E-state index in [9.17, 15) is 4.79 Å². The van der Waals surface area contributed by atoms with Gasteiger partial charge in [-0.15, -0.1) is 0 Å². The van der Waals surface area contributed by atoms with Gasteiger partial charge in [-0.05, 0) is 29.8 Å². The lowest BCUT2D eigenvalue weighted by Gasteiger charge is -2.27. The lowest BCUT2D eigenvalue weighted by molar-refractivity contribution is 0.241. The van der Waals surface area contributed by atoms with Crippen LogP contribution in [0.15, 0.2) is 64.1 Å². The molecule has 4 heterocycles. The van der Waals surface area contributed by atoms with Crippen molar-refractivity contribution >= 4 is 10.9 Å². The number of furan rings is 1. The number of aromatic amines is 1. The smallest absolute Gasteiger partial charge is 0.256 e. The summed E-state index contributed by atoms with van der Waals surface area (Å²) < 4.78 is 5.35. The van der Waals surface area contributed by atoms with E-state index in [1.807, 2.05) is 24.4 Å². The van der Waals surface area contributed by atoms with Crippen LogP contribution in [0.3, 0.4) is 0 Å². The molecule has 6 heteroatoms. The van der Waals surface area contributed by atoms with E-state index in [1.54, 1.807) is 18.4 Å². The summed E-state index contributed by atoms with van der Waals surface area (Å²) in [5.74, 6) is 1.08. The first-order valence-electron chi connectivity index (χ1n) is 8.98. The molecule has 0 fully saturated rings. The molecule has 5 rings (SSSR count). The Hall–Kier alpha value is -3.25. The second kappa shape index (κ2) is 6.48. The van der Waals surface area contributed by atoms with E-state index in [-0.39, 0.29) is 5.56 Å². The molecular formula is C21H18N4O2. The molecule has 1 aromatic carbocycles. The van der Waals surface area contributed by atoms with Crippen molar-refractivity contribution in [2.75, 3.05) is 6.54 Å². The maximum absolute atomic E-state index is 12.6. The second-order valence-electron chi connectivity index (χ2n) is 6.81. The quantitative estimate of drug-likeness (QED) is 0.609. The number of rotatable bonds is 3. The largest absolute Gasteiger partial charge is 0.461 e. The van der Waals surface area contributed by atoms with E-state index >= 15 is 0 Å². The topological polar surface area (TPSA) is 75.0 Å². The number of hydrogen-bond donors (Lipinski definition) is 1. The fourth-order valence-electron chi connectivity index (χ4n) is 3.61. The minimum Gasteiger partial charge on any atom is -0.461 e. The van der Waals surface area contributed by atoms with E-state index in [4.69, 9.17) is 4.42 Å². The van der Waals surface area contributed by atoms with Crippen LogP contribution in [0.4, 0.5) is 0 Å². The molecule has 6 nitrogen and oxygen atoms in total. The molecule has 4 aromatic rings. The second-order valence-corrected chi connectivity index (χ2v) is 6.81. The number of nitrogens with zero attached hydrogens (tertiary/aromatic N) is 3. The van der Waals surface area contributed by atoms with Gasteiger partial charge < -0.3 is 9.40 Å². The van der Waals surface area contributed by atoms with Gasteiger partial charge in [-0.2, -0.15) is 0 Å². The molecule has 1 aliphatic heterocycles. The van der Waals surface area contributed by atoms with Gasteiger partial charge >= 0.3 is 0 Å². The van der Waals surface area contributed by atoms with Crippen LogP contribution < -0.4 is 5.56 Å². The van der Waals surface area contributed by atoms with Gasteiger partial charge in [0.15, 0.2) is 11.6 Å². The average Bonchev–Trinajstić information content (AvgIpc) is 3.23. The molecular weight excluding hydrogens is 340 g/mol. The van der Waals surface area contributed by atoms with Crippen molar-refractivity contribution in [2.24, 2.45) is 0 Å². The fourth-order valence-corrected chi connectivity index (χ4v) is 3.61. The summed E-state index contributed by atoms with van der Waals surface area (Å²) in [5.41, 5.74) is 3.65. The van der Waals surface area contributed by atoms with Crippen LogP contribution in [-0.2, 0) is 19.5 Å². The highest BCUT2D eigenvalue weighted by Gasteiger charge is 2.22. The minimum absolute atomic E-state index is 0.0901. The molecule has 0 amide bonds. The number of para-hydroxylation sites is 1. The number of hydrogen-bond acceptors (Lipinski definition) is 5. The first-order chi connectivity index (χ1) is 13.3. The predicted octanol–water partition coefficient (Wildman–Crippen LogP) is 3.14. The van der Waals surface area contributed by atoms with E-state index in [0.717, 1.165) is 47.2 Å². The zero-order chi connectivity index (χ0) is 18.2. The van der Waals surface area contributed by atoms with Crippen LogP contribution in [0.2, 0.25) is 0 Å². The summed E-state index contributed by atoms with van der Waals surface area (Å²) in [4.78, 5) is 26.8. The van der Waals surface area contributed by atoms with Gasteiger partial charge in [0.25, 0.3) is 5.56 Å². The number of pyridine rings is 1. The van der Waals surface area contributed by atoms with Gasteiger partial charge in [-0.1, -0.05) is 18.2 Å². The average molecular weight is 358 g/mol. The highest BCUT2D eigenvalue weighted by molar-refractivity contribution is 5.78. The third-order valence-electron chi connectivity index (χ3n) is 4.96. The Kier molecular flexibility index (Phi) is 3.83. The van der Waals surface area contributed by atoms with Crippen molar-refractivity contribution < 1.29 is 4.42 Å². The number of fused-ring (bicyclic) bond motifs is 2. The van der Waals surface area contributed by atoms with E-state index in [2.05, 4.69) is 32.0 Å². The van der Waals surface area contributed by atoms with Gasteiger partial charge in [0, 0.05) is 37.6 Å². The van der Waals surface area contributed by atoms with Crippen molar-refractivity contribution in [3.8, 4) is 11.6 Å². The van der Waals surface area contributed by atoms with Crippen LogP contribution in [-0.4, -0.2) is 26.4 Å². The van der Waals surface area contributed by atoms with Crippen molar-refractivity contribution in [1.29, 1.82) is 0 Å². The van der Waals surface area contributed by atoms with Crippen LogP contribution in [0, 0.1) is 0 Å². The minimum atomic E-state index is -0.0901. The molecule has 0 unspecified atom stereocenters. The molecule has 27 heavy (non-hydrogen) atoms. The standard InChI is InChI=1S/C21H18N4O2/c26-21-16-13-25(12-14-10-15-4-1-2-5-17(15)22-11-14)8-7-18(16)23-20(24-21)19-6-3-9-27-19/h1-6,9-11H,7-8,12-13H2,(H,23,24,26). The van der Waals surface area contributed by atoms with Crippen LogP contribution in [0.5, 0.6) is 0 Å². The first-order valence-corrected chi connectivity index (χ1v) is 8.98. The summed E-state index contributed by atoms with van der Waals surface area (Å²) in [5, 5.41) is 1.13. The molecule has 0 aliphatic carbocycles. The lowest BCUT2D eigenvalue weighted by Crippen LogP contribution is -2.35. The highest BCUT2D eigenvalue weighted by Crippen LogP contribution is 2.21. The zero-order valence-electron chi connectivity index (χ0n) is 14.7. The van der Waals surface area contributed by atoms with Gasteiger partial charge in [0.05, 0.1) is 23.0 Å². The molecule has 0 atom stereocenters. The van der Waals surface area contributed by atoms with Crippen molar-refractivity contribution in [2.45, 2.75) is 19.5 Å². The third-order valence-corrected chi connectivity index (χ3v) is 4.96. The maximum Gasteiger partial charge on any atom is 0.256 e. The summed E-state index contributed by atoms with van der Waals surface area (Å²) in [6.07, 6.45) is 4.24. The molecule has 0 saturated carbocycles. The van der Waals surface area contributed by atoms with Gasteiger partial charge in [-0.25, -0.2) is 4.98 Å². The Morgan fingerprint density at radius 3 is 3.00 bits per heavy atom. The highest BCUT2D eigenvalue weighted by atomic mass is 16.3. The van der Waals surface area contributed by atoms with E-state index in [0.29, 0.717) is 18.1 Å². The molecule has 134 valence electrons. The molecule has 3 aromatic heterocycles. The summed E-state index contributed by atoms with van der Waals surface area (Å²) in [6, 6.07) is 13.8. The van der Waals surface area contributed by atoms with Gasteiger partial charge in [0.1, 0.15) is 0 Å². The molecule has 0 radical (unpaired) electrons. The van der Waals surface area contributed by atoms with E-state index in [1.165, 1.54) is 0 Å². The molecule has 0 saturated heterocycles. The Morgan fingerprint density at radius 2 is 2.11 bits per heavy atom. The Balaban J connectivity index is 1.39. The van der Waals surface area contributed by atoms with Gasteiger partial charge in [-0.3, -0.25) is 14.7 Å². The normalized spacial score (nSPS) is 14.4. The predicted molar refractivity (Wildman–Crippen MR) is 102 cm³/mol. The molecule has 0 spiro atoms. The summed E-state index contributed by atoms with van der Waals surface area (Å²) in [6.45, 7) is 2.20. The number of benzene rings is 1. The lowest BCUT2D eigenvalue weighted by atomic mass is 10.1. The first kappa shape index (κ1) is 16.0. The van der Waals surface area contributed by atoms with E-state index < -0.39 is 0 Å². The summed E-state index contributed by atoms with van der Waals surface area (Å²) >= 11 is 0. The third kappa shape index (κ3) is 3.04. The number of H-pyrrole nitrogens is 1. The monoisotopic (exact) mass is 358 g/mol. The van der Waals surface area contributed by atoms with Crippen LogP contribution >= 0.6 is 0 Å². The molecule has 1 N–H and O–H groups in total. The molecule has 0 bridgehead atoms. The zero-order valence-corrected chi connectivity index (χ0v) is 14.7. The van der Waals surface area contributed by atoms with Crippen LogP contribution in [0.1, 0.15) is 16.8 Å². The van der Waals surface area contributed by atoms with Crippen molar-refractivity contribution in [1.82, 2.24) is 19.9 Å². The Labute approximate surface area is 155 Å². The number of nitrogens with one attached hydrogen (secondary N) is 1. The Morgan fingerprint density at radius 1 is 1.19 bits per heavy atom.